The van der Waals surface area contributed by atoms with Crippen LogP contribution in [0.1, 0.15) is 13.3 Å². The molecule has 0 aromatic rings. The Bertz CT molecular complexity index is 173. The van der Waals surface area contributed by atoms with E-state index in [9.17, 15) is 4.79 Å². The zero-order valence-corrected chi connectivity index (χ0v) is 6.87. The molecule has 0 rings (SSSR count). The molecule has 0 radical (unpaired) electrons. The highest BCUT2D eigenvalue weighted by Crippen LogP contribution is 1.93. The van der Waals surface area contributed by atoms with Crippen LogP contribution in [-0.2, 0) is 4.79 Å². The molecule has 0 spiro atoms. The quantitative estimate of drug-likeness (QED) is 0.606. The minimum atomic E-state index is -0.331. The molecule has 0 aliphatic heterocycles. The molecule has 0 aliphatic rings. The first kappa shape index (κ1) is 9.92. The van der Waals surface area contributed by atoms with Gasteiger partial charge >= 0.3 is 0 Å². The molecular formula is C7H13N3O. The Morgan fingerprint density at radius 1 is 1.82 bits per heavy atom. The van der Waals surface area contributed by atoms with Crippen molar-refractivity contribution in [3.63, 3.8) is 0 Å². The second-order valence-electron chi connectivity index (χ2n) is 2.50. The maximum Gasteiger partial charge on any atom is 0.218 e. The number of hydrogen-bond donors (Lipinski definition) is 1. The van der Waals surface area contributed by atoms with Gasteiger partial charge in [0.2, 0.25) is 5.91 Å². The molecule has 0 bridgehead atoms. The molecule has 2 N–H and O–H groups in total. The Kier molecular flexibility index (Phi) is 4.23. The lowest BCUT2D eigenvalue weighted by Crippen LogP contribution is -2.31. The second kappa shape index (κ2) is 4.69. The zero-order chi connectivity index (χ0) is 8.85. The van der Waals surface area contributed by atoms with E-state index in [1.165, 1.54) is 0 Å². The lowest BCUT2D eigenvalue weighted by Gasteiger charge is -2.17. The molecule has 11 heavy (non-hydrogen) atoms. The smallest absolute Gasteiger partial charge is 0.218 e. The van der Waals surface area contributed by atoms with Gasteiger partial charge in [-0.2, -0.15) is 5.26 Å². The van der Waals surface area contributed by atoms with Gasteiger partial charge in [0.15, 0.2) is 0 Å². The Balaban J connectivity index is 3.62. The Morgan fingerprint density at radius 2 is 2.36 bits per heavy atom. The van der Waals surface area contributed by atoms with Gasteiger partial charge in [-0.1, -0.05) is 0 Å². The number of primary amides is 1. The normalized spacial score (nSPS) is 12.5. The van der Waals surface area contributed by atoms with Gasteiger partial charge in [0, 0.05) is 13.0 Å². The Morgan fingerprint density at radius 3 is 2.73 bits per heavy atom. The molecule has 62 valence electrons. The van der Waals surface area contributed by atoms with Gasteiger partial charge in [-0.25, -0.2) is 0 Å². The third-order valence-electron chi connectivity index (χ3n) is 1.56. The first-order valence-electron chi connectivity index (χ1n) is 3.46. The van der Waals surface area contributed by atoms with Crippen molar-refractivity contribution in [2.75, 3.05) is 13.6 Å². The number of hydrogen-bond acceptors (Lipinski definition) is 3. The Labute approximate surface area is 66.6 Å². The van der Waals surface area contributed by atoms with Crippen molar-refractivity contribution in [3.8, 4) is 6.07 Å². The van der Waals surface area contributed by atoms with E-state index in [1.54, 1.807) is 18.9 Å². The summed E-state index contributed by atoms with van der Waals surface area (Å²) >= 11 is 0. The highest BCUT2D eigenvalue weighted by atomic mass is 16.1. The van der Waals surface area contributed by atoms with Gasteiger partial charge in [0.25, 0.3) is 0 Å². The average molecular weight is 155 g/mol. The lowest BCUT2D eigenvalue weighted by molar-refractivity contribution is -0.118. The first-order chi connectivity index (χ1) is 5.07. The number of carbonyl (C=O) groups is 1. The summed E-state index contributed by atoms with van der Waals surface area (Å²) in [6.45, 7) is 2.32. The van der Waals surface area contributed by atoms with Crippen molar-refractivity contribution in [1.29, 1.82) is 5.26 Å². The van der Waals surface area contributed by atoms with E-state index in [2.05, 4.69) is 6.07 Å². The highest BCUT2D eigenvalue weighted by Gasteiger charge is 2.07. The number of rotatable bonds is 4. The molecule has 1 atom stereocenters. The van der Waals surface area contributed by atoms with Crippen LogP contribution in [0.15, 0.2) is 0 Å². The first-order valence-corrected chi connectivity index (χ1v) is 3.46. The van der Waals surface area contributed by atoms with E-state index in [0.29, 0.717) is 13.0 Å². The molecule has 0 fully saturated rings. The van der Waals surface area contributed by atoms with Crippen molar-refractivity contribution >= 4 is 5.91 Å². The molecule has 0 saturated carbocycles. The summed E-state index contributed by atoms with van der Waals surface area (Å²) < 4.78 is 0. The largest absolute Gasteiger partial charge is 0.370 e. The highest BCUT2D eigenvalue weighted by molar-refractivity contribution is 5.73. The molecule has 4 heteroatoms. The molecule has 0 heterocycles. The second-order valence-corrected chi connectivity index (χ2v) is 2.50. The third kappa shape index (κ3) is 4.34. The SMILES string of the molecule is CC(C#N)N(C)CCC(N)=O. The van der Waals surface area contributed by atoms with Crippen LogP contribution >= 0.6 is 0 Å². The fraction of sp³-hybridized carbons (Fsp3) is 0.714. The fourth-order valence-electron chi connectivity index (χ4n) is 0.579. The molecule has 4 nitrogen and oxygen atoms in total. The Hall–Kier alpha value is -1.08. The zero-order valence-electron chi connectivity index (χ0n) is 6.87. The van der Waals surface area contributed by atoms with Crippen LogP contribution in [0.3, 0.4) is 0 Å². The summed E-state index contributed by atoms with van der Waals surface area (Å²) in [5, 5.41) is 8.46. The van der Waals surface area contributed by atoms with Crippen LogP contribution in [0.5, 0.6) is 0 Å². The van der Waals surface area contributed by atoms with Crippen LogP contribution in [0, 0.1) is 11.3 Å². The van der Waals surface area contributed by atoms with Crippen molar-refractivity contribution in [3.05, 3.63) is 0 Å². The van der Waals surface area contributed by atoms with E-state index in [4.69, 9.17) is 11.0 Å². The van der Waals surface area contributed by atoms with Gasteiger partial charge < -0.3 is 5.73 Å². The number of nitrogens with zero attached hydrogens (tertiary/aromatic N) is 2. The third-order valence-corrected chi connectivity index (χ3v) is 1.56. The van der Waals surface area contributed by atoms with Gasteiger partial charge in [0.05, 0.1) is 12.1 Å². The predicted octanol–water partition coefficient (Wildman–Crippen LogP) is -0.294. The topological polar surface area (TPSA) is 70.1 Å². The van der Waals surface area contributed by atoms with Crippen LogP contribution in [0.2, 0.25) is 0 Å². The van der Waals surface area contributed by atoms with Gasteiger partial charge in [0.1, 0.15) is 0 Å². The van der Waals surface area contributed by atoms with Crippen LogP contribution in [0.4, 0.5) is 0 Å². The number of nitriles is 1. The maximum atomic E-state index is 10.3. The summed E-state index contributed by atoms with van der Waals surface area (Å²) in [5.74, 6) is -0.331. The molecule has 0 aromatic heterocycles. The van der Waals surface area contributed by atoms with Crippen LogP contribution in [-0.4, -0.2) is 30.4 Å². The van der Waals surface area contributed by atoms with Crippen LogP contribution < -0.4 is 5.73 Å². The maximum absolute atomic E-state index is 10.3. The number of nitrogens with two attached hydrogens (primary N) is 1. The number of carbonyl (C=O) groups excluding carboxylic acids is 1. The minimum absolute atomic E-state index is 0.158. The molecule has 0 aromatic carbocycles. The molecule has 1 amide bonds. The molecular weight excluding hydrogens is 142 g/mol. The van der Waals surface area contributed by atoms with E-state index in [-0.39, 0.29) is 11.9 Å². The fourth-order valence-corrected chi connectivity index (χ4v) is 0.579. The molecule has 0 saturated heterocycles. The van der Waals surface area contributed by atoms with E-state index >= 15 is 0 Å². The summed E-state index contributed by atoms with van der Waals surface area (Å²) in [5.41, 5.74) is 4.93. The van der Waals surface area contributed by atoms with E-state index in [1.807, 2.05) is 0 Å². The van der Waals surface area contributed by atoms with Crippen molar-refractivity contribution in [1.82, 2.24) is 4.90 Å². The summed E-state index contributed by atoms with van der Waals surface area (Å²) in [6.07, 6.45) is 0.308. The van der Waals surface area contributed by atoms with E-state index in [0.717, 1.165) is 0 Å². The molecule has 1 unspecified atom stereocenters. The minimum Gasteiger partial charge on any atom is -0.370 e. The van der Waals surface area contributed by atoms with Crippen molar-refractivity contribution in [2.45, 2.75) is 19.4 Å². The average Bonchev–Trinajstić information content (AvgIpc) is 1.98. The summed E-state index contributed by atoms with van der Waals surface area (Å²) in [7, 11) is 1.79. The monoisotopic (exact) mass is 155 g/mol. The number of amides is 1. The van der Waals surface area contributed by atoms with Crippen molar-refractivity contribution in [2.24, 2.45) is 5.73 Å². The summed E-state index contributed by atoms with van der Waals surface area (Å²) in [6, 6.07) is 1.90. The van der Waals surface area contributed by atoms with Gasteiger partial charge in [-0.05, 0) is 14.0 Å². The summed E-state index contributed by atoms with van der Waals surface area (Å²) in [4.78, 5) is 12.1. The van der Waals surface area contributed by atoms with Crippen molar-refractivity contribution < 1.29 is 4.79 Å². The van der Waals surface area contributed by atoms with Crippen LogP contribution in [0.25, 0.3) is 0 Å². The predicted molar refractivity (Wildman–Crippen MR) is 41.5 cm³/mol. The lowest BCUT2D eigenvalue weighted by atomic mass is 10.3. The molecule has 0 aliphatic carbocycles. The van der Waals surface area contributed by atoms with E-state index < -0.39 is 0 Å². The van der Waals surface area contributed by atoms with Gasteiger partial charge in [-0.15, -0.1) is 0 Å². The standard InChI is InChI=1S/C7H13N3O/c1-6(5-8)10(2)4-3-7(9)11/h6H,3-4H2,1-2H3,(H2,9,11). The van der Waals surface area contributed by atoms with Gasteiger partial charge in [-0.3, -0.25) is 9.69 Å².